The summed E-state index contributed by atoms with van der Waals surface area (Å²) in [5.74, 6) is 0.266. The van der Waals surface area contributed by atoms with Crippen LogP contribution in [0.3, 0.4) is 0 Å². The summed E-state index contributed by atoms with van der Waals surface area (Å²) in [6, 6.07) is 23.1. The SMILES string of the molecule is CC1=Cc2c(-c3cccc4ccccc34)cccc2C1C[Si](=O)N(C)C1CCCCC1.C[Si](C)(C)C#C[Si](C)(C)C.[Ti]. The van der Waals surface area contributed by atoms with Crippen LogP contribution in [0.5, 0.6) is 0 Å². The van der Waals surface area contributed by atoms with Crippen LogP contribution in [0.4, 0.5) is 0 Å². The summed E-state index contributed by atoms with van der Waals surface area (Å²) in [6.07, 6.45) is 8.64. The van der Waals surface area contributed by atoms with E-state index in [1.807, 2.05) is 0 Å². The number of hydrogen-bond acceptors (Lipinski definition) is 1. The average molecular weight is 644 g/mol. The molecule has 5 rings (SSSR count). The van der Waals surface area contributed by atoms with Crippen LogP contribution in [0.25, 0.3) is 28.0 Å². The maximum Gasteiger partial charge on any atom is 0.395 e. The van der Waals surface area contributed by atoms with E-state index in [-0.39, 0.29) is 27.6 Å². The van der Waals surface area contributed by atoms with Crippen molar-refractivity contribution in [3.63, 3.8) is 0 Å². The van der Waals surface area contributed by atoms with Gasteiger partial charge in [0.1, 0.15) is 16.1 Å². The van der Waals surface area contributed by atoms with E-state index >= 15 is 0 Å². The van der Waals surface area contributed by atoms with Crippen LogP contribution >= 0.6 is 0 Å². The molecule has 1 atom stereocenters. The number of allylic oxidation sites excluding steroid dienone is 1. The summed E-state index contributed by atoms with van der Waals surface area (Å²) in [5.41, 5.74) is 13.4. The van der Waals surface area contributed by atoms with Gasteiger partial charge in [0.15, 0.2) is 0 Å². The fourth-order valence-electron chi connectivity index (χ4n) is 5.95. The van der Waals surface area contributed by atoms with Crippen molar-refractivity contribution in [1.82, 2.24) is 4.57 Å². The van der Waals surface area contributed by atoms with Crippen molar-refractivity contribution < 1.29 is 26.2 Å². The number of nitrogens with zero attached hydrogens (tertiary/aromatic N) is 1. The molecule has 0 aromatic heterocycles. The van der Waals surface area contributed by atoms with Gasteiger partial charge in [0.2, 0.25) is 0 Å². The number of fused-ring (bicyclic) bond motifs is 2. The summed E-state index contributed by atoms with van der Waals surface area (Å²) in [7, 11) is -1.88. The summed E-state index contributed by atoms with van der Waals surface area (Å²) >= 11 is 0. The minimum atomic E-state index is -1.79. The van der Waals surface area contributed by atoms with Crippen LogP contribution in [-0.4, -0.2) is 42.6 Å². The minimum Gasteiger partial charge on any atom is -0.377 e. The van der Waals surface area contributed by atoms with Gasteiger partial charge in [0, 0.05) is 46.8 Å². The van der Waals surface area contributed by atoms with Crippen LogP contribution in [0.2, 0.25) is 45.3 Å². The Morgan fingerprint density at radius 3 is 2.02 bits per heavy atom. The summed E-state index contributed by atoms with van der Waals surface area (Å²) in [5, 5.41) is 2.56. The molecule has 2 nitrogen and oxygen atoms in total. The van der Waals surface area contributed by atoms with Crippen molar-refractivity contribution in [2.45, 2.75) is 96.3 Å². The first-order valence-corrected chi connectivity index (χ1v) is 24.0. The second-order valence-electron chi connectivity index (χ2n) is 14.0. The molecule has 42 heavy (non-hydrogen) atoms. The Morgan fingerprint density at radius 2 is 1.38 bits per heavy atom. The topological polar surface area (TPSA) is 20.3 Å². The predicted molar refractivity (Wildman–Crippen MR) is 186 cm³/mol. The molecule has 3 aromatic rings. The third-order valence-electron chi connectivity index (χ3n) is 8.22. The summed E-state index contributed by atoms with van der Waals surface area (Å²) < 4.78 is 15.6. The molecular formula is C36H49NOSi3Ti. The van der Waals surface area contributed by atoms with Crippen LogP contribution in [-0.2, 0) is 26.2 Å². The van der Waals surface area contributed by atoms with Gasteiger partial charge in [-0.25, -0.2) is 0 Å². The van der Waals surface area contributed by atoms with E-state index in [9.17, 15) is 4.46 Å². The molecule has 1 saturated carbocycles. The minimum absolute atomic E-state index is 0. The van der Waals surface area contributed by atoms with E-state index in [0.29, 0.717) is 6.04 Å². The third-order valence-corrected chi connectivity index (χ3v) is 12.1. The molecule has 1 unspecified atom stereocenters. The second-order valence-corrected chi connectivity index (χ2v) is 25.4. The van der Waals surface area contributed by atoms with Crippen molar-refractivity contribution in [2.75, 3.05) is 7.05 Å². The Hall–Kier alpha value is -1.82. The van der Waals surface area contributed by atoms with Crippen molar-refractivity contribution in [2.24, 2.45) is 0 Å². The Morgan fingerprint density at radius 1 is 0.810 bits per heavy atom. The predicted octanol–water partition coefficient (Wildman–Crippen LogP) is 9.93. The van der Waals surface area contributed by atoms with Gasteiger partial charge in [-0.05, 0) is 52.8 Å². The summed E-state index contributed by atoms with van der Waals surface area (Å²) in [4.78, 5) is 0. The van der Waals surface area contributed by atoms with E-state index in [4.69, 9.17) is 0 Å². The molecule has 2 aliphatic carbocycles. The molecule has 0 spiro atoms. The van der Waals surface area contributed by atoms with Gasteiger partial charge in [-0.3, -0.25) is 0 Å². The molecule has 6 heteroatoms. The zero-order valence-corrected chi connectivity index (χ0v) is 31.7. The maximum atomic E-state index is 13.4. The van der Waals surface area contributed by atoms with E-state index in [1.54, 1.807) is 0 Å². The van der Waals surface area contributed by atoms with Crippen molar-refractivity contribution >= 4 is 41.8 Å². The molecule has 0 N–H and O–H groups in total. The number of hydrogen-bond donors (Lipinski definition) is 0. The Bertz CT molecular complexity index is 1460. The molecular weight excluding hydrogens is 595 g/mol. The van der Waals surface area contributed by atoms with Gasteiger partial charge in [-0.15, -0.1) is 11.1 Å². The smallest absolute Gasteiger partial charge is 0.377 e. The van der Waals surface area contributed by atoms with Crippen LogP contribution in [0, 0.1) is 11.1 Å². The molecule has 1 fully saturated rings. The molecule has 220 valence electrons. The van der Waals surface area contributed by atoms with Crippen LogP contribution in [0.1, 0.15) is 56.1 Å². The van der Waals surface area contributed by atoms with Crippen molar-refractivity contribution in [1.29, 1.82) is 0 Å². The van der Waals surface area contributed by atoms with Gasteiger partial charge in [0.05, 0.1) is 0 Å². The monoisotopic (exact) mass is 643 g/mol. The molecule has 0 saturated heterocycles. The van der Waals surface area contributed by atoms with Gasteiger partial charge in [0.25, 0.3) is 0 Å². The molecule has 0 bridgehead atoms. The largest absolute Gasteiger partial charge is 0.395 e. The Kier molecular flexibility index (Phi) is 12.2. The van der Waals surface area contributed by atoms with E-state index < -0.39 is 25.0 Å². The molecule has 0 aliphatic heterocycles. The normalized spacial score (nSPS) is 16.7. The molecule has 0 heterocycles. The second kappa shape index (κ2) is 14.8. The summed E-state index contributed by atoms with van der Waals surface area (Å²) in [6.45, 7) is 16.0. The fraction of sp³-hybridized carbons (Fsp3) is 0.444. The quantitative estimate of drug-likeness (QED) is 0.204. The van der Waals surface area contributed by atoms with E-state index in [2.05, 4.69) is 136 Å². The molecule has 0 radical (unpaired) electrons. The van der Waals surface area contributed by atoms with Crippen molar-refractivity contribution in [3.05, 3.63) is 77.4 Å². The standard InChI is InChI=1S/C28H31NOSi.C8H18Si2.Ti/c1-20-18-27-25(24-15-8-11-21-10-6-7-14-23(21)24)16-9-17-26(27)28(20)19-31(30)29(2)22-12-4-3-5-13-22;1-9(2,3)7-8-10(4,5)6;/h6-11,14-18,22,28H,3-5,12-13,19H2,1-2H3;1-6H3;. The fourth-order valence-corrected chi connectivity index (χ4v) is 10.8. The zero-order chi connectivity index (χ0) is 29.8. The zero-order valence-electron chi connectivity index (χ0n) is 27.1. The first-order chi connectivity index (χ1) is 19.3. The van der Waals surface area contributed by atoms with Crippen LogP contribution in [0.15, 0.2) is 66.2 Å². The van der Waals surface area contributed by atoms with Gasteiger partial charge >= 0.3 is 8.84 Å². The van der Waals surface area contributed by atoms with Gasteiger partial charge < -0.3 is 9.03 Å². The van der Waals surface area contributed by atoms with Gasteiger partial charge in [-0.1, -0.05) is 131 Å². The van der Waals surface area contributed by atoms with Gasteiger partial charge in [-0.2, -0.15) is 0 Å². The molecule has 3 aromatic carbocycles. The number of rotatable bonds is 5. The third kappa shape index (κ3) is 9.10. The van der Waals surface area contributed by atoms with E-state index in [1.165, 1.54) is 70.7 Å². The molecule has 0 amide bonds. The maximum absolute atomic E-state index is 13.4. The molecule has 2 aliphatic rings. The van der Waals surface area contributed by atoms with Crippen molar-refractivity contribution in [3.8, 4) is 22.2 Å². The van der Waals surface area contributed by atoms with E-state index in [0.717, 1.165) is 6.04 Å². The first-order valence-electron chi connectivity index (χ1n) is 15.4. The Balaban J connectivity index is 0.000000381. The Labute approximate surface area is 274 Å². The first kappa shape index (κ1) is 34.7. The number of benzene rings is 3. The average Bonchev–Trinajstić information content (AvgIpc) is 3.26. The van der Waals surface area contributed by atoms with Crippen LogP contribution < -0.4 is 0 Å².